The highest BCUT2D eigenvalue weighted by molar-refractivity contribution is 14.2. The van der Waals surface area contributed by atoms with Gasteiger partial charge in [-0.25, -0.2) is 9.97 Å². The van der Waals surface area contributed by atoms with E-state index in [1.54, 1.807) is 6.33 Å². The summed E-state index contributed by atoms with van der Waals surface area (Å²) in [6.45, 7) is 0.893. The molecule has 0 unspecified atom stereocenters. The number of rotatable bonds is 7. The Morgan fingerprint density at radius 1 is 1.08 bits per heavy atom. The largest absolute Gasteiger partial charge is 0.346 e. The van der Waals surface area contributed by atoms with Crippen molar-refractivity contribution in [3.63, 3.8) is 0 Å². The topological polar surface area (TPSA) is 81.5 Å². The Bertz CT molecular complexity index is 1600. The maximum atomic E-state index is 13.2. The van der Waals surface area contributed by atoms with E-state index in [-0.39, 0.29) is 5.91 Å². The number of fused-ring (bicyclic) bond motifs is 2. The van der Waals surface area contributed by atoms with Crippen molar-refractivity contribution in [2.75, 3.05) is 0 Å². The summed E-state index contributed by atoms with van der Waals surface area (Å²) in [5, 5.41) is 7.86. The summed E-state index contributed by atoms with van der Waals surface area (Å²) in [6.07, 6.45) is 14.6. The van der Waals surface area contributed by atoms with E-state index < -0.39 is 0 Å². The number of aromatic nitrogens is 6. The molecule has 0 radical (unpaired) electrons. The molecule has 2 fully saturated rings. The lowest BCUT2D eigenvalue weighted by atomic mass is 10.1. The molecule has 2 aliphatic carbocycles. The number of hydrogen-bond acceptors (Lipinski definition) is 5. The first kappa shape index (κ1) is 24.9. The van der Waals surface area contributed by atoms with Gasteiger partial charge < -0.3 is 14.1 Å². The summed E-state index contributed by atoms with van der Waals surface area (Å²) in [5.74, 6) is 0.960. The molecule has 0 atom stereocenters. The number of halogens is 2. The fourth-order valence-corrected chi connectivity index (χ4v) is 5.06. The van der Waals surface area contributed by atoms with E-state index in [1.807, 2.05) is 54.8 Å². The van der Waals surface area contributed by atoms with Crippen molar-refractivity contribution in [3.05, 3.63) is 88.1 Å². The van der Waals surface area contributed by atoms with Crippen LogP contribution in [0.2, 0.25) is 0 Å². The Labute approximate surface area is 240 Å². The van der Waals surface area contributed by atoms with Gasteiger partial charge in [-0.1, -0.05) is 22.0 Å². The molecule has 37 heavy (non-hydrogen) atoms. The zero-order valence-corrected chi connectivity index (χ0v) is 24.5. The summed E-state index contributed by atoms with van der Waals surface area (Å²) in [5.41, 5.74) is 6.59. The molecule has 5 aromatic rings. The van der Waals surface area contributed by atoms with Crippen LogP contribution in [0.5, 0.6) is 0 Å². The Balaban J connectivity index is 0.00000123. The smallest absolute Gasteiger partial charge is 0.255 e. The first-order chi connectivity index (χ1) is 18.1. The third kappa shape index (κ3) is 5.30. The predicted molar refractivity (Wildman–Crippen MR) is 158 cm³/mol. The molecule has 0 bridgehead atoms. The summed E-state index contributed by atoms with van der Waals surface area (Å²) < 4.78 is 6.89. The van der Waals surface area contributed by atoms with Gasteiger partial charge in [0, 0.05) is 35.2 Å². The van der Waals surface area contributed by atoms with Crippen LogP contribution in [0.1, 0.15) is 70.5 Å². The molecule has 2 aliphatic rings. The SMILES string of the molecule is O=C(NCc1ncn2ccc(Br)cc12)c1cn(Cc2cn3cc(C4CC4)ccc3n2)nc1C1CC1.SI. The van der Waals surface area contributed by atoms with Crippen molar-refractivity contribution in [3.8, 4) is 0 Å². The lowest BCUT2D eigenvalue weighted by Gasteiger charge is -2.04. The molecule has 0 aliphatic heterocycles. The van der Waals surface area contributed by atoms with Crippen LogP contribution in [0.4, 0.5) is 0 Å². The monoisotopic (exact) mass is 689 g/mol. The van der Waals surface area contributed by atoms with Gasteiger partial charge in [0.1, 0.15) is 5.65 Å². The molecule has 0 saturated heterocycles. The van der Waals surface area contributed by atoms with Crippen LogP contribution in [-0.2, 0) is 13.1 Å². The van der Waals surface area contributed by atoms with Crippen LogP contribution in [0.3, 0.4) is 0 Å². The zero-order valence-electron chi connectivity index (χ0n) is 19.9. The molecular formula is C26H25BrIN7OS. The molecule has 190 valence electrons. The van der Waals surface area contributed by atoms with Crippen molar-refractivity contribution in [2.45, 2.75) is 50.6 Å². The van der Waals surface area contributed by atoms with E-state index >= 15 is 0 Å². The van der Waals surface area contributed by atoms with E-state index in [2.05, 4.69) is 65.0 Å². The second-order valence-electron chi connectivity index (χ2n) is 9.65. The first-order valence-corrected chi connectivity index (χ1v) is 16.2. The molecule has 7 rings (SSSR count). The van der Waals surface area contributed by atoms with Crippen molar-refractivity contribution >= 4 is 64.0 Å². The van der Waals surface area contributed by atoms with Crippen molar-refractivity contribution in [2.24, 2.45) is 0 Å². The predicted octanol–water partition coefficient (Wildman–Crippen LogP) is 5.94. The van der Waals surface area contributed by atoms with E-state index in [0.29, 0.717) is 30.5 Å². The molecule has 5 aromatic heterocycles. The minimum Gasteiger partial charge on any atom is -0.346 e. The van der Waals surface area contributed by atoms with E-state index in [1.165, 1.54) is 18.4 Å². The van der Waals surface area contributed by atoms with Crippen molar-refractivity contribution in [1.82, 2.24) is 33.9 Å². The van der Waals surface area contributed by atoms with Crippen LogP contribution < -0.4 is 5.32 Å². The van der Waals surface area contributed by atoms with Gasteiger partial charge in [-0.2, -0.15) is 5.10 Å². The third-order valence-corrected chi connectivity index (χ3v) is 7.39. The number of carbonyl (C=O) groups is 1. The average Bonchev–Trinajstić information content (AvgIpc) is 3.83. The summed E-state index contributed by atoms with van der Waals surface area (Å²) in [6, 6.07) is 8.24. The Hall–Kier alpha value is -2.38. The summed E-state index contributed by atoms with van der Waals surface area (Å²) in [4.78, 5) is 22.4. The van der Waals surface area contributed by atoms with Gasteiger partial charge in [-0.3, -0.25) is 9.48 Å². The third-order valence-electron chi connectivity index (χ3n) is 6.89. The number of hydrogen-bond donors (Lipinski definition) is 2. The zero-order chi connectivity index (χ0) is 25.5. The molecule has 1 N–H and O–H groups in total. The molecule has 0 spiro atoms. The highest BCUT2D eigenvalue weighted by Crippen LogP contribution is 2.41. The lowest BCUT2D eigenvalue weighted by molar-refractivity contribution is 0.0949. The maximum Gasteiger partial charge on any atom is 0.255 e. The molecule has 1 amide bonds. The average molecular weight is 690 g/mol. The number of carbonyl (C=O) groups excluding carboxylic acids is 1. The van der Waals surface area contributed by atoms with E-state index in [9.17, 15) is 4.79 Å². The van der Waals surface area contributed by atoms with Gasteiger partial charge in [-0.05, 0) is 76.6 Å². The van der Waals surface area contributed by atoms with Gasteiger partial charge in [0.25, 0.3) is 5.91 Å². The first-order valence-electron chi connectivity index (χ1n) is 12.2. The molecule has 0 aromatic carbocycles. The fraction of sp³-hybridized carbons (Fsp3) is 0.308. The number of nitrogens with zero attached hydrogens (tertiary/aromatic N) is 6. The normalized spacial score (nSPS) is 15.1. The minimum atomic E-state index is -0.113. The Morgan fingerprint density at radius 3 is 2.68 bits per heavy atom. The maximum absolute atomic E-state index is 13.2. The highest BCUT2D eigenvalue weighted by atomic mass is 127. The number of thiol groups is 1. The Kier molecular flexibility index (Phi) is 7.01. The van der Waals surface area contributed by atoms with E-state index in [0.717, 1.165) is 45.6 Å². The van der Waals surface area contributed by atoms with Crippen LogP contribution in [0, 0.1) is 0 Å². The summed E-state index contributed by atoms with van der Waals surface area (Å²) in [7, 11) is 3.50. The van der Waals surface area contributed by atoms with Crippen molar-refractivity contribution in [1.29, 1.82) is 0 Å². The van der Waals surface area contributed by atoms with Gasteiger partial charge >= 0.3 is 0 Å². The quantitative estimate of drug-likeness (QED) is 0.164. The molecule has 2 saturated carbocycles. The number of imidazole rings is 2. The molecule has 8 nitrogen and oxygen atoms in total. The van der Waals surface area contributed by atoms with Gasteiger partial charge in [0.2, 0.25) is 0 Å². The summed E-state index contributed by atoms with van der Waals surface area (Å²) >= 11 is 5.35. The number of nitrogens with one attached hydrogen (secondary N) is 1. The number of amides is 1. The van der Waals surface area contributed by atoms with Gasteiger partial charge in [-0.15, -0.1) is 9.80 Å². The second kappa shape index (κ2) is 10.4. The standard InChI is InChI=1S/C26H24BrN7O.HIS/c27-19-7-8-32-15-29-22(23(32)9-19)10-28-26(35)21-14-34(31-25(21)17-3-4-17)13-20-12-33-11-18(16-1-2-16)5-6-24(33)30-20;1-2/h5-9,11-12,14-17H,1-4,10,13H2,(H,28,35);2H. The minimum absolute atomic E-state index is 0.113. The van der Waals surface area contributed by atoms with Crippen molar-refractivity contribution < 1.29 is 4.79 Å². The molecular weight excluding hydrogens is 665 g/mol. The molecule has 5 heterocycles. The molecule has 11 heteroatoms. The second-order valence-corrected chi connectivity index (χ2v) is 10.6. The number of pyridine rings is 2. The lowest BCUT2D eigenvalue weighted by Crippen LogP contribution is -2.23. The van der Waals surface area contributed by atoms with E-state index in [4.69, 9.17) is 10.1 Å². The Morgan fingerprint density at radius 2 is 1.89 bits per heavy atom. The van der Waals surface area contributed by atoms with Crippen LogP contribution in [0.25, 0.3) is 11.2 Å². The fourth-order valence-electron chi connectivity index (χ4n) is 4.72. The van der Waals surface area contributed by atoms with Crippen LogP contribution in [0.15, 0.2) is 59.9 Å². The van der Waals surface area contributed by atoms with Crippen LogP contribution >= 0.6 is 46.9 Å². The highest BCUT2D eigenvalue weighted by Gasteiger charge is 2.31. The van der Waals surface area contributed by atoms with Gasteiger partial charge in [0.15, 0.2) is 0 Å². The van der Waals surface area contributed by atoms with Crippen LogP contribution in [-0.4, -0.2) is 34.5 Å². The van der Waals surface area contributed by atoms with Gasteiger partial charge in [0.05, 0.1) is 47.6 Å².